The number of nitrogens with one attached hydrogen (secondary N) is 1. The van der Waals surface area contributed by atoms with Crippen LogP contribution in [0.25, 0.3) is 0 Å². The molecule has 2 atom stereocenters. The fourth-order valence-corrected chi connectivity index (χ4v) is 2.23. The van der Waals surface area contributed by atoms with E-state index in [0.29, 0.717) is 5.89 Å². The molecule has 6 heteroatoms. The van der Waals surface area contributed by atoms with Crippen LogP contribution in [0.2, 0.25) is 0 Å². The molecule has 1 N–H and O–H groups in total. The topological polar surface area (TPSA) is 57.4 Å². The molecule has 0 amide bonds. The highest BCUT2D eigenvalue weighted by Gasteiger charge is 2.27. The van der Waals surface area contributed by atoms with Gasteiger partial charge >= 0.3 is 0 Å². The van der Waals surface area contributed by atoms with E-state index in [1.807, 2.05) is 14.0 Å². The van der Waals surface area contributed by atoms with Crippen LogP contribution in [-0.4, -0.2) is 60.7 Å². The molecule has 1 aliphatic heterocycles. The van der Waals surface area contributed by atoms with Gasteiger partial charge in [-0.2, -0.15) is 4.98 Å². The maximum absolute atomic E-state index is 5.33. The number of hydrogen-bond donors (Lipinski definition) is 1. The van der Waals surface area contributed by atoms with Crippen molar-refractivity contribution in [2.45, 2.75) is 25.4 Å². The van der Waals surface area contributed by atoms with Crippen molar-refractivity contribution in [3.8, 4) is 0 Å². The van der Waals surface area contributed by atoms with E-state index in [1.54, 1.807) is 0 Å². The minimum Gasteiger partial charge on any atom is -0.338 e. The van der Waals surface area contributed by atoms with E-state index in [-0.39, 0.29) is 12.1 Å². The van der Waals surface area contributed by atoms with Crippen molar-refractivity contribution in [2.75, 3.05) is 40.8 Å². The maximum atomic E-state index is 5.33. The van der Waals surface area contributed by atoms with Crippen molar-refractivity contribution in [1.82, 2.24) is 25.3 Å². The van der Waals surface area contributed by atoms with Gasteiger partial charge in [0.15, 0.2) is 5.82 Å². The molecule has 0 aliphatic carbocycles. The third-order valence-electron chi connectivity index (χ3n) is 3.63. The highest BCUT2D eigenvalue weighted by molar-refractivity contribution is 4.99. The summed E-state index contributed by atoms with van der Waals surface area (Å²) in [6.07, 6.45) is 1.18. The van der Waals surface area contributed by atoms with Crippen LogP contribution in [0.3, 0.4) is 0 Å². The van der Waals surface area contributed by atoms with Gasteiger partial charge in [0.05, 0.1) is 12.1 Å². The molecule has 0 saturated carbocycles. The van der Waals surface area contributed by atoms with E-state index in [1.165, 1.54) is 6.42 Å². The van der Waals surface area contributed by atoms with E-state index in [2.05, 4.69) is 39.4 Å². The lowest BCUT2D eigenvalue weighted by Crippen LogP contribution is -2.31. The Hall–Kier alpha value is -0.980. The first-order valence-electron chi connectivity index (χ1n) is 6.51. The molecule has 2 unspecified atom stereocenters. The second-order valence-electron chi connectivity index (χ2n) is 5.11. The normalized spacial score (nSPS) is 25.0. The molecule has 6 nitrogen and oxygen atoms in total. The standard InChI is InChI=1S/C12H23N5O/c1-9(13-2)12-14-11(15-18-12)10-8-16(3)6-5-7-17(10)4/h9-10,13H,5-8H2,1-4H3. The Balaban J connectivity index is 2.15. The first-order chi connectivity index (χ1) is 8.61. The van der Waals surface area contributed by atoms with Crippen molar-refractivity contribution in [2.24, 2.45) is 0 Å². The number of rotatable bonds is 3. The summed E-state index contributed by atoms with van der Waals surface area (Å²) in [7, 11) is 6.16. The average Bonchev–Trinajstić information content (AvgIpc) is 2.77. The lowest BCUT2D eigenvalue weighted by Gasteiger charge is -2.24. The molecule has 1 aromatic heterocycles. The zero-order chi connectivity index (χ0) is 13.1. The van der Waals surface area contributed by atoms with Crippen molar-refractivity contribution < 1.29 is 4.52 Å². The van der Waals surface area contributed by atoms with E-state index >= 15 is 0 Å². The Labute approximate surface area is 108 Å². The van der Waals surface area contributed by atoms with E-state index in [0.717, 1.165) is 25.5 Å². The van der Waals surface area contributed by atoms with Crippen LogP contribution in [0.4, 0.5) is 0 Å². The lowest BCUT2D eigenvalue weighted by atomic mass is 10.2. The average molecular weight is 253 g/mol. The molecular formula is C12H23N5O. The molecular weight excluding hydrogens is 230 g/mol. The predicted molar refractivity (Wildman–Crippen MR) is 69.3 cm³/mol. The number of nitrogens with zero attached hydrogens (tertiary/aromatic N) is 4. The molecule has 0 radical (unpaired) electrons. The first kappa shape index (κ1) is 13.5. The Morgan fingerprint density at radius 1 is 1.39 bits per heavy atom. The maximum Gasteiger partial charge on any atom is 0.243 e. The van der Waals surface area contributed by atoms with Gasteiger partial charge in [-0.3, -0.25) is 4.90 Å². The summed E-state index contributed by atoms with van der Waals surface area (Å²) in [5.74, 6) is 1.45. The van der Waals surface area contributed by atoms with Gasteiger partial charge in [-0.1, -0.05) is 5.16 Å². The van der Waals surface area contributed by atoms with Crippen LogP contribution in [0.15, 0.2) is 4.52 Å². The number of hydrogen-bond acceptors (Lipinski definition) is 6. The number of aromatic nitrogens is 2. The highest BCUT2D eigenvalue weighted by Crippen LogP contribution is 2.21. The summed E-state index contributed by atoms with van der Waals surface area (Å²) in [4.78, 5) is 9.16. The van der Waals surface area contributed by atoms with Crippen molar-refractivity contribution in [3.63, 3.8) is 0 Å². The highest BCUT2D eigenvalue weighted by atomic mass is 16.5. The Morgan fingerprint density at radius 3 is 2.89 bits per heavy atom. The van der Waals surface area contributed by atoms with Gasteiger partial charge in [0.2, 0.25) is 5.89 Å². The fourth-order valence-electron chi connectivity index (χ4n) is 2.23. The van der Waals surface area contributed by atoms with Gasteiger partial charge in [-0.05, 0) is 47.6 Å². The second-order valence-corrected chi connectivity index (χ2v) is 5.11. The largest absolute Gasteiger partial charge is 0.338 e. The van der Waals surface area contributed by atoms with Crippen molar-refractivity contribution in [1.29, 1.82) is 0 Å². The van der Waals surface area contributed by atoms with E-state index < -0.39 is 0 Å². The van der Waals surface area contributed by atoms with Crippen molar-refractivity contribution >= 4 is 0 Å². The van der Waals surface area contributed by atoms with Gasteiger partial charge in [0, 0.05) is 6.54 Å². The molecule has 2 heterocycles. The minimum absolute atomic E-state index is 0.0973. The minimum atomic E-state index is 0.0973. The molecule has 18 heavy (non-hydrogen) atoms. The predicted octanol–water partition coefficient (Wildman–Crippen LogP) is 0.658. The molecule has 2 rings (SSSR count). The van der Waals surface area contributed by atoms with Crippen LogP contribution in [0.1, 0.15) is 37.1 Å². The summed E-state index contributed by atoms with van der Waals surface area (Å²) < 4.78 is 5.33. The van der Waals surface area contributed by atoms with Crippen LogP contribution in [0.5, 0.6) is 0 Å². The van der Waals surface area contributed by atoms with Crippen LogP contribution in [0, 0.1) is 0 Å². The van der Waals surface area contributed by atoms with Gasteiger partial charge < -0.3 is 14.7 Å². The monoisotopic (exact) mass is 253 g/mol. The van der Waals surface area contributed by atoms with Gasteiger partial charge in [0.25, 0.3) is 0 Å². The summed E-state index contributed by atoms with van der Waals surface area (Å²) >= 11 is 0. The van der Waals surface area contributed by atoms with Crippen LogP contribution < -0.4 is 5.32 Å². The zero-order valence-corrected chi connectivity index (χ0v) is 11.7. The fraction of sp³-hybridized carbons (Fsp3) is 0.833. The van der Waals surface area contributed by atoms with E-state index in [9.17, 15) is 0 Å². The smallest absolute Gasteiger partial charge is 0.243 e. The van der Waals surface area contributed by atoms with Gasteiger partial charge in [-0.25, -0.2) is 0 Å². The molecule has 0 spiro atoms. The van der Waals surface area contributed by atoms with Crippen molar-refractivity contribution in [3.05, 3.63) is 11.7 Å². The zero-order valence-electron chi connectivity index (χ0n) is 11.7. The Morgan fingerprint density at radius 2 is 2.17 bits per heavy atom. The van der Waals surface area contributed by atoms with Crippen LogP contribution >= 0.6 is 0 Å². The molecule has 1 aliphatic rings. The Bertz CT molecular complexity index is 380. The molecule has 1 aromatic rings. The molecule has 102 valence electrons. The molecule has 1 saturated heterocycles. The third-order valence-corrected chi connectivity index (χ3v) is 3.63. The summed E-state index contributed by atoms with van der Waals surface area (Å²) in [6, 6.07) is 0.319. The summed E-state index contributed by atoms with van der Waals surface area (Å²) in [6.45, 7) is 5.16. The quantitative estimate of drug-likeness (QED) is 0.854. The molecule has 1 fully saturated rings. The van der Waals surface area contributed by atoms with Gasteiger partial charge in [-0.15, -0.1) is 0 Å². The van der Waals surface area contributed by atoms with Gasteiger partial charge in [0.1, 0.15) is 0 Å². The molecule has 0 bridgehead atoms. The third kappa shape index (κ3) is 2.88. The SMILES string of the molecule is CNC(C)c1nc(C2CN(C)CCCN2C)no1. The Kier molecular flexibility index (Phi) is 4.31. The molecule has 0 aromatic carbocycles. The lowest BCUT2D eigenvalue weighted by molar-refractivity contribution is 0.214. The first-order valence-corrected chi connectivity index (χ1v) is 6.51. The van der Waals surface area contributed by atoms with Crippen LogP contribution in [-0.2, 0) is 0 Å². The summed E-state index contributed by atoms with van der Waals surface area (Å²) in [5.41, 5.74) is 0. The second kappa shape index (κ2) is 5.77. The summed E-state index contributed by atoms with van der Waals surface area (Å²) in [5, 5.41) is 7.25. The van der Waals surface area contributed by atoms with E-state index in [4.69, 9.17) is 4.52 Å². The number of likely N-dealkylation sites (N-methyl/N-ethyl adjacent to an activating group) is 2.